The van der Waals surface area contributed by atoms with Gasteiger partial charge in [-0.25, -0.2) is 9.97 Å². The molecule has 4 heteroatoms. The Morgan fingerprint density at radius 2 is 1.44 bits per heavy atom. The number of carbonyl (C=O) groups excluding carboxylic acids is 1. The van der Waals surface area contributed by atoms with Crippen LogP contribution in [0.3, 0.4) is 0 Å². The molecule has 4 rings (SSSR count). The Bertz CT molecular complexity index is 863. The second-order valence-corrected chi connectivity index (χ2v) is 6.21. The molecule has 3 aromatic rings. The zero-order chi connectivity index (χ0) is 17.2. The van der Waals surface area contributed by atoms with Gasteiger partial charge < -0.3 is 4.74 Å². The smallest absolute Gasteiger partial charge is 0.309 e. The largest absolute Gasteiger partial charge is 0.469 e. The molecule has 3 atom stereocenters. The molecule has 1 saturated carbocycles. The fourth-order valence-corrected chi connectivity index (χ4v) is 3.55. The number of nitrogens with zero attached hydrogens (tertiary/aromatic N) is 2. The highest BCUT2D eigenvalue weighted by Crippen LogP contribution is 2.60. The van der Waals surface area contributed by atoms with Crippen LogP contribution in [0.5, 0.6) is 0 Å². The van der Waals surface area contributed by atoms with Crippen LogP contribution < -0.4 is 0 Å². The fraction of sp³-hybridized carbons (Fsp3) is 0.190. The Morgan fingerprint density at radius 3 is 2.04 bits per heavy atom. The number of hydrogen-bond acceptors (Lipinski definition) is 4. The number of rotatable bonds is 4. The Balaban J connectivity index is 1.63. The van der Waals surface area contributed by atoms with Crippen molar-refractivity contribution in [3.05, 3.63) is 84.2 Å². The van der Waals surface area contributed by atoms with E-state index in [1.807, 2.05) is 30.3 Å². The van der Waals surface area contributed by atoms with Gasteiger partial charge in [0.15, 0.2) is 5.82 Å². The summed E-state index contributed by atoms with van der Waals surface area (Å²) in [5.41, 5.74) is 3.29. The Morgan fingerprint density at radius 1 is 0.840 bits per heavy atom. The van der Waals surface area contributed by atoms with Crippen molar-refractivity contribution in [3.63, 3.8) is 0 Å². The van der Waals surface area contributed by atoms with Gasteiger partial charge in [-0.05, 0) is 17.2 Å². The molecule has 4 nitrogen and oxygen atoms in total. The summed E-state index contributed by atoms with van der Waals surface area (Å²) in [4.78, 5) is 20.7. The second-order valence-electron chi connectivity index (χ2n) is 6.21. The van der Waals surface area contributed by atoms with Gasteiger partial charge in [0, 0.05) is 29.8 Å². The van der Waals surface area contributed by atoms with Gasteiger partial charge in [-0.15, -0.1) is 0 Å². The van der Waals surface area contributed by atoms with E-state index in [9.17, 15) is 4.79 Å². The number of carbonyl (C=O) groups is 1. The summed E-state index contributed by atoms with van der Waals surface area (Å²) in [6.45, 7) is 0. The van der Waals surface area contributed by atoms with E-state index in [0.29, 0.717) is 5.82 Å². The molecule has 25 heavy (non-hydrogen) atoms. The molecule has 0 unspecified atom stereocenters. The molecular weight excluding hydrogens is 312 g/mol. The van der Waals surface area contributed by atoms with Crippen molar-refractivity contribution < 1.29 is 9.53 Å². The van der Waals surface area contributed by atoms with Gasteiger partial charge in [-0.1, -0.05) is 54.6 Å². The predicted molar refractivity (Wildman–Crippen MR) is 94.9 cm³/mol. The van der Waals surface area contributed by atoms with Crippen molar-refractivity contribution in [2.45, 2.75) is 11.8 Å². The Kier molecular flexibility index (Phi) is 4.02. The van der Waals surface area contributed by atoms with E-state index in [1.54, 1.807) is 18.5 Å². The van der Waals surface area contributed by atoms with Gasteiger partial charge in [0.05, 0.1) is 13.0 Å². The molecule has 0 aliphatic heterocycles. The third-order valence-electron chi connectivity index (χ3n) is 4.80. The summed E-state index contributed by atoms with van der Waals surface area (Å²) < 4.78 is 5.01. The Labute approximate surface area is 146 Å². The minimum Gasteiger partial charge on any atom is -0.469 e. The van der Waals surface area contributed by atoms with Crippen LogP contribution >= 0.6 is 0 Å². The van der Waals surface area contributed by atoms with Gasteiger partial charge in [-0.3, -0.25) is 4.79 Å². The topological polar surface area (TPSA) is 52.1 Å². The van der Waals surface area contributed by atoms with Crippen molar-refractivity contribution in [1.82, 2.24) is 9.97 Å². The summed E-state index contributed by atoms with van der Waals surface area (Å²) in [5.74, 6) is 0.766. The first-order valence-electron chi connectivity index (χ1n) is 8.29. The third-order valence-corrected chi connectivity index (χ3v) is 4.80. The second kappa shape index (κ2) is 6.48. The van der Waals surface area contributed by atoms with Crippen molar-refractivity contribution in [3.8, 4) is 11.4 Å². The van der Waals surface area contributed by atoms with Crippen LogP contribution in [0.1, 0.15) is 23.0 Å². The molecule has 124 valence electrons. The van der Waals surface area contributed by atoms with Crippen LogP contribution in [-0.4, -0.2) is 23.0 Å². The molecular formula is C21H18N2O2. The van der Waals surface area contributed by atoms with Gasteiger partial charge in [0.2, 0.25) is 0 Å². The first kappa shape index (κ1) is 15.5. The number of aromatic nitrogens is 2. The molecule has 0 radical (unpaired) electrons. The van der Waals surface area contributed by atoms with Gasteiger partial charge in [-0.2, -0.15) is 0 Å². The quantitative estimate of drug-likeness (QED) is 0.683. The van der Waals surface area contributed by atoms with E-state index < -0.39 is 0 Å². The van der Waals surface area contributed by atoms with Gasteiger partial charge in [0.1, 0.15) is 0 Å². The zero-order valence-corrected chi connectivity index (χ0v) is 13.9. The molecule has 0 amide bonds. The minimum atomic E-state index is -0.144. The normalized spacial score (nSPS) is 21.6. The number of ether oxygens (including phenoxy) is 1. The highest BCUT2D eigenvalue weighted by Gasteiger charge is 2.56. The number of hydrogen-bond donors (Lipinski definition) is 0. The molecule has 0 N–H and O–H groups in total. The lowest BCUT2D eigenvalue weighted by Gasteiger charge is -2.03. The summed E-state index contributed by atoms with van der Waals surface area (Å²) in [6.07, 6.45) is 3.46. The molecule has 0 spiro atoms. The van der Waals surface area contributed by atoms with E-state index in [0.717, 1.165) is 11.1 Å². The molecule has 2 aromatic carbocycles. The van der Waals surface area contributed by atoms with E-state index >= 15 is 0 Å². The van der Waals surface area contributed by atoms with E-state index in [4.69, 9.17) is 4.74 Å². The molecule has 0 bridgehead atoms. The van der Waals surface area contributed by atoms with E-state index in [1.165, 1.54) is 12.7 Å². The SMILES string of the molecule is COC(=O)[C@@H]1[C@H](c2ccccc2)[C@H]1c1ccc(-c2ncccn2)cc1. The summed E-state index contributed by atoms with van der Waals surface area (Å²) in [5, 5.41) is 0. The first-order valence-corrected chi connectivity index (χ1v) is 8.29. The van der Waals surface area contributed by atoms with Crippen molar-refractivity contribution in [2.75, 3.05) is 7.11 Å². The average Bonchev–Trinajstić information content (AvgIpc) is 3.44. The summed E-state index contributed by atoms with van der Waals surface area (Å²) in [7, 11) is 1.45. The number of benzene rings is 2. The summed E-state index contributed by atoms with van der Waals surface area (Å²) in [6, 6.07) is 20.1. The minimum absolute atomic E-state index is 0.119. The molecule has 1 aliphatic carbocycles. The molecule has 1 heterocycles. The van der Waals surface area contributed by atoms with E-state index in [-0.39, 0.29) is 23.7 Å². The third kappa shape index (κ3) is 2.91. The lowest BCUT2D eigenvalue weighted by Crippen LogP contribution is -2.05. The predicted octanol–water partition coefficient (Wildman–Crippen LogP) is 3.81. The maximum atomic E-state index is 12.2. The maximum Gasteiger partial charge on any atom is 0.309 e. The highest BCUT2D eigenvalue weighted by atomic mass is 16.5. The standard InChI is InChI=1S/C21H18N2O2/c1-25-21(24)19-17(14-6-3-2-4-7-14)18(19)15-8-10-16(11-9-15)20-22-12-5-13-23-20/h2-13,17-19H,1H3/t17-,18-,19-/m1/s1. The van der Waals surface area contributed by atoms with Crippen LogP contribution in [0.25, 0.3) is 11.4 Å². The lowest BCUT2D eigenvalue weighted by atomic mass is 10.0. The van der Waals surface area contributed by atoms with Crippen molar-refractivity contribution in [2.24, 2.45) is 5.92 Å². The van der Waals surface area contributed by atoms with Crippen LogP contribution in [0.2, 0.25) is 0 Å². The van der Waals surface area contributed by atoms with Crippen LogP contribution in [0, 0.1) is 5.92 Å². The average molecular weight is 330 g/mol. The highest BCUT2D eigenvalue weighted by molar-refractivity contribution is 5.80. The molecule has 1 fully saturated rings. The first-order chi connectivity index (χ1) is 12.3. The summed E-state index contributed by atoms with van der Waals surface area (Å²) >= 11 is 0. The molecule has 1 aromatic heterocycles. The lowest BCUT2D eigenvalue weighted by molar-refractivity contribution is -0.142. The van der Waals surface area contributed by atoms with Crippen molar-refractivity contribution in [1.29, 1.82) is 0 Å². The van der Waals surface area contributed by atoms with Gasteiger partial charge in [0.25, 0.3) is 0 Å². The number of esters is 1. The zero-order valence-electron chi connectivity index (χ0n) is 13.9. The maximum absolute atomic E-state index is 12.2. The molecule has 1 aliphatic rings. The van der Waals surface area contributed by atoms with Gasteiger partial charge >= 0.3 is 5.97 Å². The molecule has 0 saturated heterocycles. The fourth-order valence-electron chi connectivity index (χ4n) is 3.55. The van der Waals surface area contributed by atoms with E-state index in [2.05, 4.69) is 34.2 Å². The van der Waals surface area contributed by atoms with Crippen LogP contribution in [0.15, 0.2) is 73.1 Å². The Hall–Kier alpha value is -3.01. The van der Waals surface area contributed by atoms with Crippen LogP contribution in [-0.2, 0) is 9.53 Å². The van der Waals surface area contributed by atoms with Crippen LogP contribution in [0.4, 0.5) is 0 Å². The monoisotopic (exact) mass is 330 g/mol. The number of methoxy groups -OCH3 is 1. The van der Waals surface area contributed by atoms with Crippen molar-refractivity contribution >= 4 is 5.97 Å².